The van der Waals surface area contributed by atoms with Gasteiger partial charge in [-0.15, -0.1) is 0 Å². The summed E-state index contributed by atoms with van der Waals surface area (Å²) in [5, 5.41) is 5.79. The van der Waals surface area contributed by atoms with Gasteiger partial charge >= 0.3 is 6.03 Å². The monoisotopic (exact) mass is 311 g/mol. The minimum atomic E-state index is -0.187. The highest BCUT2D eigenvalue weighted by atomic mass is 16.2. The molecule has 0 heterocycles. The van der Waals surface area contributed by atoms with Crippen molar-refractivity contribution >= 4 is 11.7 Å². The van der Waals surface area contributed by atoms with Gasteiger partial charge in [-0.1, -0.05) is 30.3 Å². The molecule has 2 rings (SSSR count). The lowest BCUT2D eigenvalue weighted by Gasteiger charge is -2.12. The Kier molecular flexibility index (Phi) is 5.77. The summed E-state index contributed by atoms with van der Waals surface area (Å²) in [6, 6.07) is 14.1. The van der Waals surface area contributed by atoms with Gasteiger partial charge in [0.1, 0.15) is 0 Å². The zero-order valence-electron chi connectivity index (χ0n) is 14.3. The molecule has 0 fully saturated rings. The number of anilines is 1. The van der Waals surface area contributed by atoms with E-state index in [0.29, 0.717) is 6.54 Å². The van der Waals surface area contributed by atoms with Gasteiger partial charge in [0.15, 0.2) is 0 Å². The molecule has 23 heavy (non-hydrogen) atoms. The van der Waals surface area contributed by atoms with Crippen LogP contribution < -0.4 is 10.6 Å². The van der Waals surface area contributed by atoms with Crippen molar-refractivity contribution in [1.29, 1.82) is 0 Å². The molecular weight excluding hydrogens is 286 g/mol. The minimum absolute atomic E-state index is 0.187. The summed E-state index contributed by atoms with van der Waals surface area (Å²) >= 11 is 0. The second-order valence-electron chi connectivity index (χ2n) is 6.24. The van der Waals surface area contributed by atoms with Crippen LogP contribution in [0.15, 0.2) is 42.5 Å². The highest BCUT2D eigenvalue weighted by Gasteiger charge is 2.04. The van der Waals surface area contributed by atoms with Crippen LogP contribution in [-0.4, -0.2) is 25.0 Å². The molecule has 2 aromatic carbocycles. The fourth-order valence-electron chi connectivity index (χ4n) is 2.61. The number of nitrogens with one attached hydrogen (secondary N) is 2. The van der Waals surface area contributed by atoms with E-state index in [9.17, 15) is 4.79 Å². The van der Waals surface area contributed by atoms with E-state index in [2.05, 4.69) is 33.7 Å². The Labute approximate surface area is 138 Å². The third-order valence-corrected chi connectivity index (χ3v) is 3.42. The van der Waals surface area contributed by atoms with E-state index < -0.39 is 0 Å². The fourth-order valence-corrected chi connectivity index (χ4v) is 2.61. The number of carbonyl (C=O) groups is 1. The second-order valence-corrected chi connectivity index (χ2v) is 6.24. The van der Waals surface area contributed by atoms with Crippen LogP contribution in [0.5, 0.6) is 0 Å². The Morgan fingerprint density at radius 3 is 2.30 bits per heavy atom. The third kappa shape index (κ3) is 5.75. The maximum Gasteiger partial charge on any atom is 0.319 e. The van der Waals surface area contributed by atoms with E-state index in [1.54, 1.807) is 0 Å². The van der Waals surface area contributed by atoms with Crippen LogP contribution in [0.2, 0.25) is 0 Å². The number of urea groups is 1. The van der Waals surface area contributed by atoms with Gasteiger partial charge in [-0.3, -0.25) is 0 Å². The van der Waals surface area contributed by atoms with E-state index in [-0.39, 0.29) is 6.03 Å². The Morgan fingerprint density at radius 1 is 1.00 bits per heavy atom. The summed E-state index contributed by atoms with van der Waals surface area (Å²) in [5.41, 5.74) is 5.43. The molecule has 0 spiro atoms. The molecule has 0 aliphatic carbocycles. The number of benzene rings is 2. The molecule has 2 N–H and O–H groups in total. The lowest BCUT2D eigenvalue weighted by molar-refractivity contribution is 0.251. The second kappa shape index (κ2) is 7.79. The number of hydrogen-bond donors (Lipinski definition) is 2. The van der Waals surface area contributed by atoms with E-state index in [0.717, 1.165) is 28.9 Å². The van der Waals surface area contributed by atoms with E-state index >= 15 is 0 Å². The number of carbonyl (C=O) groups excluding carboxylic acids is 1. The van der Waals surface area contributed by atoms with Crippen molar-refractivity contribution in [2.24, 2.45) is 0 Å². The average Bonchev–Trinajstić information content (AvgIpc) is 2.43. The summed E-state index contributed by atoms with van der Waals surface area (Å²) < 4.78 is 0. The maximum absolute atomic E-state index is 12.0. The minimum Gasteiger partial charge on any atom is -0.334 e. The molecule has 0 aromatic heterocycles. The van der Waals surface area contributed by atoms with Crippen molar-refractivity contribution in [2.75, 3.05) is 19.4 Å². The Balaban J connectivity index is 1.91. The number of amides is 2. The van der Waals surface area contributed by atoms with Crippen LogP contribution in [0.4, 0.5) is 10.5 Å². The Bertz CT molecular complexity index is 660. The Morgan fingerprint density at radius 2 is 1.65 bits per heavy atom. The molecule has 0 radical (unpaired) electrons. The summed E-state index contributed by atoms with van der Waals surface area (Å²) in [6.45, 7) is 5.44. The van der Waals surface area contributed by atoms with Gasteiger partial charge in [-0.05, 0) is 62.3 Å². The van der Waals surface area contributed by atoms with Crippen molar-refractivity contribution in [3.8, 4) is 0 Å². The topological polar surface area (TPSA) is 44.4 Å². The zero-order chi connectivity index (χ0) is 16.8. The first-order chi connectivity index (χ1) is 10.9. The van der Waals surface area contributed by atoms with Gasteiger partial charge in [0, 0.05) is 18.8 Å². The van der Waals surface area contributed by atoms with Gasteiger partial charge in [-0.25, -0.2) is 4.79 Å². The molecule has 122 valence electrons. The normalized spacial score (nSPS) is 10.7. The molecule has 0 saturated heterocycles. The van der Waals surface area contributed by atoms with Crippen LogP contribution in [0.1, 0.15) is 22.3 Å². The van der Waals surface area contributed by atoms with Crippen LogP contribution in [0, 0.1) is 13.8 Å². The molecule has 2 aromatic rings. The lowest BCUT2D eigenvalue weighted by atomic mass is 10.1. The highest BCUT2D eigenvalue weighted by molar-refractivity contribution is 5.89. The summed E-state index contributed by atoms with van der Waals surface area (Å²) in [7, 11) is 4.09. The molecule has 0 bridgehead atoms. The van der Waals surface area contributed by atoms with Crippen molar-refractivity contribution < 1.29 is 4.79 Å². The first-order valence-corrected chi connectivity index (χ1v) is 7.78. The molecule has 0 aliphatic rings. The average molecular weight is 311 g/mol. The fraction of sp³-hybridized carbons (Fsp3) is 0.316. The molecule has 0 unspecified atom stereocenters. The largest absolute Gasteiger partial charge is 0.334 e. The smallest absolute Gasteiger partial charge is 0.319 e. The van der Waals surface area contributed by atoms with Crippen LogP contribution >= 0.6 is 0 Å². The third-order valence-electron chi connectivity index (χ3n) is 3.42. The van der Waals surface area contributed by atoms with Gasteiger partial charge in [0.25, 0.3) is 0 Å². The highest BCUT2D eigenvalue weighted by Crippen LogP contribution is 2.13. The Hall–Kier alpha value is -2.33. The molecule has 0 saturated carbocycles. The quantitative estimate of drug-likeness (QED) is 0.884. The van der Waals surface area contributed by atoms with Crippen molar-refractivity contribution in [2.45, 2.75) is 26.9 Å². The first kappa shape index (κ1) is 17.0. The van der Waals surface area contributed by atoms with Crippen molar-refractivity contribution in [1.82, 2.24) is 10.2 Å². The van der Waals surface area contributed by atoms with Gasteiger partial charge in [0.05, 0.1) is 0 Å². The van der Waals surface area contributed by atoms with Crippen molar-refractivity contribution in [3.05, 3.63) is 64.7 Å². The van der Waals surface area contributed by atoms with Gasteiger partial charge in [-0.2, -0.15) is 0 Å². The SMILES string of the molecule is Cc1cc(C)cc(NC(=O)NCc2cccc(CN(C)C)c2)c1. The van der Waals surface area contributed by atoms with Crippen LogP contribution in [-0.2, 0) is 13.1 Å². The maximum atomic E-state index is 12.0. The molecule has 2 amide bonds. The molecule has 4 nitrogen and oxygen atoms in total. The van der Waals surface area contributed by atoms with Gasteiger partial charge in [0.2, 0.25) is 0 Å². The number of hydrogen-bond acceptors (Lipinski definition) is 2. The number of rotatable bonds is 5. The molecular formula is C19H25N3O. The predicted octanol–water partition coefficient (Wildman–Crippen LogP) is 3.69. The van der Waals surface area contributed by atoms with E-state index in [1.807, 2.05) is 52.2 Å². The molecule has 0 atom stereocenters. The van der Waals surface area contributed by atoms with Gasteiger partial charge < -0.3 is 15.5 Å². The predicted molar refractivity (Wildman–Crippen MR) is 95.6 cm³/mol. The standard InChI is InChI=1S/C19H25N3O/c1-14-8-15(2)10-18(9-14)21-19(23)20-12-16-6-5-7-17(11-16)13-22(3)4/h5-11H,12-13H2,1-4H3,(H2,20,21,23). The zero-order valence-corrected chi connectivity index (χ0v) is 14.3. The summed E-state index contributed by atoms with van der Waals surface area (Å²) in [5.74, 6) is 0. The van der Waals surface area contributed by atoms with E-state index in [1.165, 1.54) is 5.56 Å². The molecule has 4 heteroatoms. The molecule has 0 aliphatic heterocycles. The van der Waals surface area contributed by atoms with Crippen LogP contribution in [0.3, 0.4) is 0 Å². The summed E-state index contributed by atoms with van der Waals surface area (Å²) in [4.78, 5) is 14.2. The van der Waals surface area contributed by atoms with E-state index in [4.69, 9.17) is 0 Å². The first-order valence-electron chi connectivity index (χ1n) is 7.78. The number of nitrogens with zero attached hydrogens (tertiary/aromatic N) is 1. The summed E-state index contributed by atoms with van der Waals surface area (Å²) in [6.07, 6.45) is 0. The number of aryl methyl sites for hydroxylation is 2. The van der Waals surface area contributed by atoms with Crippen LogP contribution in [0.25, 0.3) is 0 Å². The lowest BCUT2D eigenvalue weighted by Crippen LogP contribution is -2.28. The van der Waals surface area contributed by atoms with Crippen molar-refractivity contribution in [3.63, 3.8) is 0 Å².